The van der Waals surface area contributed by atoms with E-state index in [1.54, 1.807) is 0 Å². The summed E-state index contributed by atoms with van der Waals surface area (Å²) < 4.78 is 0. The fourth-order valence-electron chi connectivity index (χ4n) is 2.68. The second-order valence-corrected chi connectivity index (χ2v) is 6.26. The van der Waals surface area contributed by atoms with E-state index in [0.717, 1.165) is 14.7 Å². The van der Waals surface area contributed by atoms with E-state index in [9.17, 15) is 28.8 Å². The molecule has 0 saturated heterocycles. The Balaban J connectivity index is 5.90. The first-order valence-electron chi connectivity index (χ1n) is 8.29. The number of hydrogen-bond donors (Lipinski definition) is 6. The molecule has 0 radical (unpaired) electrons. The summed E-state index contributed by atoms with van der Waals surface area (Å²) in [4.78, 5) is 68.9. The van der Waals surface area contributed by atoms with Gasteiger partial charge in [0.2, 0.25) is 0 Å². The van der Waals surface area contributed by atoms with Gasteiger partial charge in [0.25, 0.3) is 0 Å². The molecule has 15 nitrogen and oxygen atoms in total. The molecule has 0 fully saturated rings. The highest BCUT2D eigenvalue weighted by atomic mass is 16.4. The van der Waals surface area contributed by atoms with E-state index in [2.05, 4.69) is 0 Å². The average Bonchev–Trinajstić information content (AvgIpc) is 2.49. The number of nitrogens with zero attached hydrogens (tertiary/aromatic N) is 3. The fourth-order valence-corrected chi connectivity index (χ4v) is 2.68. The topological polar surface area (TPSA) is 234 Å². The van der Waals surface area contributed by atoms with Gasteiger partial charge in [-0.2, -0.15) is 0 Å². The van der Waals surface area contributed by atoms with Crippen molar-refractivity contribution in [3.63, 3.8) is 0 Å². The molecule has 0 aromatic rings. The van der Waals surface area contributed by atoms with Gasteiger partial charge in [0.05, 0.1) is 39.3 Å². The van der Waals surface area contributed by atoms with Crippen LogP contribution in [0.15, 0.2) is 0 Å². The van der Waals surface area contributed by atoms with Crippen LogP contribution in [0.3, 0.4) is 0 Å². The summed E-state index contributed by atoms with van der Waals surface area (Å²) >= 11 is 0. The van der Waals surface area contributed by atoms with Gasteiger partial charge in [0, 0.05) is 19.1 Å². The zero-order valence-corrected chi connectivity index (χ0v) is 15.7. The second-order valence-electron chi connectivity index (χ2n) is 6.26. The molecule has 0 aromatic heterocycles. The molecule has 30 heavy (non-hydrogen) atoms. The van der Waals surface area contributed by atoms with Crippen LogP contribution in [0.25, 0.3) is 0 Å². The monoisotopic (exact) mass is 437 g/mol. The van der Waals surface area contributed by atoms with Crippen molar-refractivity contribution < 1.29 is 59.4 Å². The smallest absolute Gasteiger partial charge is 0.317 e. The van der Waals surface area contributed by atoms with E-state index in [1.807, 2.05) is 0 Å². The number of hydrogen-bond acceptors (Lipinski definition) is 9. The summed E-state index contributed by atoms with van der Waals surface area (Å²) in [7, 11) is 0. The quantitative estimate of drug-likeness (QED) is 0.131. The lowest BCUT2D eigenvalue weighted by Gasteiger charge is -2.35. The van der Waals surface area contributed by atoms with Gasteiger partial charge >= 0.3 is 35.8 Å². The molecule has 0 aliphatic rings. The predicted molar refractivity (Wildman–Crippen MR) is 94.1 cm³/mol. The minimum Gasteiger partial charge on any atom is -0.480 e. The largest absolute Gasteiger partial charge is 0.480 e. The van der Waals surface area contributed by atoms with E-state index in [-0.39, 0.29) is 0 Å². The van der Waals surface area contributed by atoms with Gasteiger partial charge in [-0.05, 0) is 0 Å². The standard InChI is InChI=1S/C15H23N3O12/c19-10(20)3-16(4-11(21)22)1-9(18(7-14(27)28)8-15(29)30)2-17(5-12(23)24)6-13(25)26/h9H,1-8H2,(H,19,20)(H,21,22)(H,23,24)(H,25,26)(H,27,28)(H,29,30). The SMILES string of the molecule is O=C(O)CN(CC(=O)O)CC(CN(CC(=O)O)CC(=O)O)N(CC(=O)O)CC(=O)O. The van der Waals surface area contributed by atoms with Crippen molar-refractivity contribution in [3.8, 4) is 0 Å². The van der Waals surface area contributed by atoms with E-state index >= 15 is 0 Å². The Labute approximate surface area is 169 Å². The third kappa shape index (κ3) is 13.0. The Kier molecular flexibility index (Phi) is 11.6. The van der Waals surface area contributed by atoms with Gasteiger partial charge in [-0.3, -0.25) is 43.5 Å². The highest BCUT2D eigenvalue weighted by Crippen LogP contribution is 2.07. The number of carboxylic acid groups (broad SMARTS) is 6. The maximum Gasteiger partial charge on any atom is 0.317 e. The summed E-state index contributed by atoms with van der Waals surface area (Å²) in [6, 6.07) is -1.21. The zero-order valence-electron chi connectivity index (χ0n) is 15.7. The first-order valence-corrected chi connectivity index (χ1v) is 8.29. The van der Waals surface area contributed by atoms with Gasteiger partial charge in [-0.25, -0.2) is 0 Å². The molecular weight excluding hydrogens is 414 g/mol. The Morgan fingerprint density at radius 1 is 0.467 bits per heavy atom. The molecule has 0 aromatic carbocycles. The molecule has 0 aliphatic heterocycles. The fraction of sp³-hybridized carbons (Fsp3) is 0.600. The number of carboxylic acids is 6. The van der Waals surface area contributed by atoms with E-state index in [4.69, 9.17) is 30.6 Å². The lowest BCUT2D eigenvalue weighted by atomic mass is 10.2. The van der Waals surface area contributed by atoms with E-state index in [0.29, 0.717) is 0 Å². The summed E-state index contributed by atoms with van der Waals surface area (Å²) in [6.45, 7) is -5.78. The molecule has 0 spiro atoms. The van der Waals surface area contributed by atoms with Crippen LogP contribution in [-0.2, 0) is 28.8 Å². The van der Waals surface area contributed by atoms with Crippen molar-refractivity contribution in [2.45, 2.75) is 6.04 Å². The minimum atomic E-state index is -1.45. The van der Waals surface area contributed by atoms with Gasteiger partial charge in [0.15, 0.2) is 0 Å². The van der Waals surface area contributed by atoms with Crippen LogP contribution in [0.1, 0.15) is 0 Å². The van der Waals surface area contributed by atoms with Crippen LogP contribution >= 0.6 is 0 Å². The van der Waals surface area contributed by atoms with E-state index < -0.39 is 94.2 Å². The molecule has 170 valence electrons. The molecule has 0 saturated carbocycles. The second kappa shape index (κ2) is 13.0. The average molecular weight is 437 g/mol. The van der Waals surface area contributed by atoms with Gasteiger partial charge < -0.3 is 30.6 Å². The highest BCUT2D eigenvalue weighted by molar-refractivity contribution is 5.74. The minimum absolute atomic E-state index is 0.477. The first kappa shape index (κ1) is 26.7. The van der Waals surface area contributed by atoms with Crippen LogP contribution in [0.5, 0.6) is 0 Å². The van der Waals surface area contributed by atoms with Crippen molar-refractivity contribution in [3.05, 3.63) is 0 Å². The Morgan fingerprint density at radius 3 is 0.900 bits per heavy atom. The predicted octanol–water partition coefficient (Wildman–Crippen LogP) is -3.23. The molecule has 6 N–H and O–H groups in total. The molecule has 0 atom stereocenters. The molecule has 0 aliphatic carbocycles. The molecular formula is C15H23N3O12. The summed E-state index contributed by atoms with van der Waals surface area (Å²) in [5.74, 6) is -8.55. The maximum atomic E-state index is 11.1. The van der Waals surface area contributed by atoms with Crippen LogP contribution in [-0.4, -0.2) is 140 Å². The van der Waals surface area contributed by atoms with Crippen LogP contribution < -0.4 is 0 Å². The lowest BCUT2D eigenvalue weighted by molar-refractivity contribution is -0.148. The number of aliphatic carboxylic acids is 6. The molecule has 0 rings (SSSR count). The van der Waals surface area contributed by atoms with Crippen LogP contribution in [0, 0.1) is 0 Å². The Hall–Kier alpha value is -3.30. The van der Waals surface area contributed by atoms with Crippen LogP contribution in [0.2, 0.25) is 0 Å². The third-order valence-corrected chi connectivity index (χ3v) is 3.57. The van der Waals surface area contributed by atoms with Crippen molar-refractivity contribution in [2.75, 3.05) is 52.4 Å². The molecule has 0 bridgehead atoms. The van der Waals surface area contributed by atoms with Gasteiger partial charge in [-0.15, -0.1) is 0 Å². The van der Waals surface area contributed by atoms with Crippen molar-refractivity contribution >= 4 is 35.8 Å². The lowest BCUT2D eigenvalue weighted by Crippen LogP contribution is -2.55. The van der Waals surface area contributed by atoms with Crippen molar-refractivity contribution in [1.82, 2.24) is 14.7 Å². The first-order chi connectivity index (χ1) is 13.8. The summed E-state index contributed by atoms with van der Waals surface area (Å²) in [5.41, 5.74) is 0. The third-order valence-electron chi connectivity index (χ3n) is 3.57. The van der Waals surface area contributed by atoms with Crippen LogP contribution in [0.4, 0.5) is 0 Å². The van der Waals surface area contributed by atoms with Crippen molar-refractivity contribution in [1.29, 1.82) is 0 Å². The summed E-state index contributed by atoms with van der Waals surface area (Å²) in [6.07, 6.45) is 0. The molecule has 0 heterocycles. The zero-order chi connectivity index (χ0) is 23.4. The highest BCUT2D eigenvalue weighted by Gasteiger charge is 2.29. The Bertz CT molecular complexity index is 581. The van der Waals surface area contributed by atoms with Gasteiger partial charge in [0.1, 0.15) is 0 Å². The molecule has 0 unspecified atom stereocenters. The normalized spacial score (nSPS) is 11.2. The van der Waals surface area contributed by atoms with Gasteiger partial charge in [-0.1, -0.05) is 0 Å². The molecule has 15 heteroatoms. The number of carbonyl (C=O) groups is 6. The Morgan fingerprint density at radius 2 is 0.700 bits per heavy atom. The van der Waals surface area contributed by atoms with E-state index in [1.165, 1.54) is 0 Å². The number of rotatable bonds is 17. The summed E-state index contributed by atoms with van der Waals surface area (Å²) in [5, 5.41) is 53.9. The molecule has 0 amide bonds. The van der Waals surface area contributed by atoms with Crippen molar-refractivity contribution in [2.24, 2.45) is 0 Å². The maximum absolute atomic E-state index is 11.1.